The number of rotatable bonds is 9. The Morgan fingerprint density at radius 1 is 1.20 bits per heavy atom. The lowest BCUT2D eigenvalue weighted by Gasteiger charge is -2.12. The van der Waals surface area contributed by atoms with Crippen LogP contribution < -0.4 is 20.7 Å². The highest BCUT2D eigenvalue weighted by Crippen LogP contribution is 2.18. The van der Waals surface area contributed by atoms with E-state index in [9.17, 15) is 4.79 Å². The highest BCUT2D eigenvalue weighted by atomic mass is 127. The number of aliphatic imine (C=N–C) groups is 1. The zero-order chi connectivity index (χ0) is 17.2. The Hall–Kier alpha value is -1.51. The molecule has 0 spiro atoms. The van der Waals surface area contributed by atoms with Crippen LogP contribution in [-0.4, -0.2) is 45.2 Å². The SMILES string of the molecule is CN=C(NCCCC(=O)NC1CC1)NCCc1ccc(OC)cc1.I. The van der Waals surface area contributed by atoms with E-state index in [1.165, 1.54) is 5.56 Å². The van der Waals surface area contributed by atoms with Crippen LogP contribution in [0.5, 0.6) is 5.75 Å². The number of ether oxygens (including phenoxy) is 1. The standard InChI is InChI=1S/C18H28N4O2.HI/c1-19-18(20-12-3-4-17(23)22-15-7-8-15)21-13-11-14-5-9-16(24-2)10-6-14;/h5-6,9-10,15H,3-4,7-8,11-13H2,1-2H3,(H,22,23)(H2,19,20,21);1H. The second kappa shape index (κ2) is 11.9. The monoisotopic (exact) mass is 460 g/mol. The Bertz CT molecular complexity index is 545. The third kappa shape index (κ3) is 8.94. The number of amides is 1. The summed E-state index contributed by atoms with van der Waals surface area (Å²) >= 11 is 0. The Morgan fingerprint density at radius 2 is 1.88 bits per heavy atom. The summed E-state index contributed by atoms with van der Waals surface area (Å²) in [5.74, 6) is 1.79. The molecule has 1 aromatic rings. The highest BCUT2D eigenvalue weighted by Gasteiger charge is 2.22. The van der Waals surface area contributed by atoms with Crippen molar-refractivity contribution in [3.05, 3.63) is 29.8 Å². The summed E-state index contributed by atoms with van der Waals surface area (Å²) in [5.41, 5.74) is 1.25. The number of nitrogens with one attached hydrogen (secondary N) is 3. The van der Waals surface area contributed by atoms with E-state index in [4.69, 9.17) is 4.74 Å². The lowest BCUT2D eigenvalue weighted by molar-refractivity contribution is -0.121. The maximum Gasteiger partial charge on any atom is 0.220 e. The Balaban J connectivity index is 0.00000312. The van der Waals surface area contributed by atoms with Crippen molar-refractivity contribution in [3.63, 3.8) is 0 Å². The van der Waals surface area contributed by atoms with E-state index in [1.54, 1.807) is 14.2 Å². The minimum Gasteiger partial charge on any atom is -0.497 e. The fourth-order valence-electron chi connectivity index (χ4n) is 2.32. The summed E-state index contributed by atoms with van der Waals surface area (Å²) in [7, 11) is 3.42. The molecule has 0 saturated heterocycles. The molecule has 25 heavy (non-hydrogen) atoms. The first-order valence-corrected chi connectivity index (χ1v) is 8.58. The van der Waals surface area contributed by atoms with Gasteiger partial charge in [-0.15, -0.1) is 24.0 Å². The Labute approximate surface area is 167 Å². The van der Waals surface area contributed by atoms with Gasteiger partial charge in [-0.3, -0.25) is 9.79 Å². The van der Waals surface area contributed by atoms with Gasteiger partial charge in [-0.2, -0.15) is 0 Å². The summed E-state index contributed by atoms with van der Waals surface area (Å²) < 4.78 is 5.15. The summed E-state index contributed by atoms with van der Waals surface area (Å²) in [6, 6.07) is 8.51. The van der Waals surface area contributed by atoms with E-state index in [0.717, 1.165) is 50.5 Å². The molecule has 2 rings (SSSR count). The van der Waals surface area contributed by atoms with Crippen LogP contribution in [-0.2, 0) is 11.2 Å². The maximum atomic E-state index is 11.6. The topological polar surface area (TPSA) is 74.8 Å². The van der Waals surface area contributed by atoms with E-state index in [-0.39, 0.29) is 29.9 Å². The van der Waals surface area contributed by atoms with Crippen molar-refractivity contribution in [1.29, 1.82) is 0 Å². The molecule has 0 aliphatic heterocycles. The Morgan fingerprint density at radius 3 is 2.48 bits per heavy atom. The van der Waals surface area contributed by atoms with Gasteiger partial charge in [0.05, 0.1) is 7.11 Å². The molecule has 0 unspecified atom stereocenters. The molecule has 1 amide bonds. The van der Waals surface area contributed by atoms with Crippen LogP contribution >= 0.6 is 24.0 Å². The van der Waals surface area contributed by atoms with E-state index < -0.39 is 0 Å². The van der Waals surface area contributed by atoms with Gasteiger partial charge in [0.2, 0.25) is 5.91 Å². The molecular weight excluding hydrogens is 431 g/mol. The van der Waals surface area contributed by atoms with Crippen molar-refractivity contribution in [2.75, 3.05) is 27.2 Å². The largest absolute Gasteiger partial charge is 0.497 e. The van der Waals surface area contributed by atoms with Crippen LogP contribution in [0.15, 0.2) is 29.3 Å². The van der Waals surface area contributed by atoms with Gasteiger partial charge >= 0.3 is 0 Å². The minimum atomic E-state index is 0. The van der Waals surface area contributed by atoms with Gasteiger partial charge in [0.15, 0.2) is 5.96 Å². The predicted molar refractivity (Wildman–Crippen MR) is 112 cm³/mol. The van der Waals surface area contributed by atoms with Crippen LogP contribution in [0.3, 0.4) is 0 Å². The number of hydrogen-bond donors (Lipinski definition) is 3. The molecule has 0 radical (unpaired) electrons. The molecule has 0 aromatic heterocycles. The Kier molecular flexibility index (Phi) is 10.3. The number of hydrogen-bond acceptors (Lipinski definition) is 3. The molecule has 6 nitrogen and oxygen atoms in total. The zero-order valence-corrected chi connectivity index (χ0v) is 17.3. The average Bonchev–Trinajstić information content (AvgIpc) is 3.41. The summed E-state index contributed by atoms with van der Waals surface area (Å²) in [6.07, 6.45) is 4.54. The number of guanidine groups is 1. The van der Waals surface area contributed by atoms with Gasteiger partial charge in [0.1, 0.15) is 5.75 Å². The minimum absolute atomic E-state index is 0. The number of benzene rings is 1. The lowest BCUT2D eigenvalue weighted by atomic mass is 10.1. The van der Waals surface area contributed by atoms with Crippen molar-refractivity contribution < 1.29 is 9.53 Å². The number of carbonyl (C=O) groups excluding carboxylic acids is 1. The molecule has 0 bridgehead atoms. The second-order valence-corrected chi connectivity index (χ2v) is 5.97. The summed E-state index contributed by atoms with van der Waals surface area (Å²) in [5, 5.41) is 9.52. The molecule has 1 aromatic carbocycles. The first-order valence-electron chi connectivity index (χ1n) is 8.58. The number of methoxy groups -OCH3 is 1. The van der Waals surface area contributed by atoms with Crippen LogP contribution in [0.1, 0.15) is 31.2 Å². The van der Waals surface area contributed by atoms with Crippen molar-refractivity contribution in [2.24, 2.45) is 4.99 Å². The predicted octanol–water partition coefficient (Wildman–Crippen LogP) is 2.08. The molecular formula is C18H29IN4O2. The van der Waals surface area contributed by atoms with Gasteiger partial charge in [0, 0.05) is 32.6 Å². The van der Waals surface area contributed by atoms with Gasteiger partial charge in [-0.05, 0) is 43.4 Å². The van der Waals surface area contributed by atoms with Crippen LogP contribution in [0.4, 0.5) is 0 Å². The van der Waals surface area contributed by atoms with Crippen molar-refractivity contribution in [3.8, 4) is 5.75 Å². The number of nitrogens with zero attached hydrogens (tertiary/aromatic N) is 1. The van der Waals surface area contributed by atoms with Crippen molar-refractivity contribution in [2.45, 2.75) is 38.1 Å². The van der Waals surface area contributed by atoms with Crippen LogP contribution in [0.25, 0.3) is 0 Å². The fraction of sp³-hybridized carbons (Fsp3) is 0.556. The average molecular weight is 460 g/mol. The molecule has 140 valence electrons. The molecule has 1 aliphatic carbocycles. The number of halogens is 1. The van der Waals surface area contributed by atoms with Crippen LogP contribution in [0, 0.1) is 0 Å². The lowest BCUT2D eigenvalue weighted by Crippen LogP contribution is -2.39. The van der Waals surface area contributed by atoms with Gasteiger partial charge in [-0.25, -0.2) is 0 Å². The molecule has 7 heteroatoms. The van der Waals surface area contributed by atoms with Gasteiger partial charge in [-0.1, -0.05) is 12.1 Å². The molecule has 0 atom stereocenters. The van der Waals surface area contributed by atoms with E-state index in [0.29, 0.717) is 12.5 Å². The molecule has 1 saturated carbocycles. The first-order chi connectivity index (χ1) is 11.7. The molecule has 3 N–H and O–H groups in total. The normalized spacial score (nSPS) is 13.6. The molecule has 1 fully saturated rings. The van der Waals surface area contributed by atoms with Gasteiger partial charge < -0.3 is 20.7 Å². The van der Waals surface area contributed by atoms with Crippen LogP contribution in [0.2, 0.25) is 0 Å². The van der Waals surface area contributed by atoms with E-state index in [2.05, 4.69) is 33.1 Å². The quantitative estimate of drug-likeness (QED) is 0.228. The van der Waals surface area contributed by atoms with E-state index >= 15 is 0 Å². The summed E-state index contributed by atoms with van der Waals surface area (Å²) in [4.78, 5) is 15.8. The molecule has 1 aliphatic rings. The van der Waals surface area contributed by atoms with E-state index in [1.807, 2.05) is 12.1 Å². The fourth-order valence-corrected chi connectivity index (χ4v) is 2.32. The maximum absolute atomic E-state index is 11.6. The smallest absolute Gasteiger partial charge is 0.220 e. The number of carbonyl (C=O) groups is 1. The van der Waals surface area contributed by atoms with Crippen molar-refractivity contribution in [1.82, 2.24) is 16.0 Å². The van der Waals surface area contributed by atoms with Gasteiger partial charge in [0.25, 0.3) is 0 Å². The third-order valence-electron chi connectivity index (χ3n) is 3.90. The zero-order valence-electron chi connectivity index (χ0n) is 15.0. The highest BCUT2D eigenvalue weighted by molar-refractivity contribution is 14.0. The summed E-state index contributed by atoms with van der Waals surface area (Å²) in [6.45, 7) is 1.54. The third-order valence-corrected chi connectivity index (χ3v) is 3.90. The second-order valence-electron chi connectivity index (χ2n) is 5.97. The first kappa shape index (κ1) is 21.5. The molecule has 0 heterocycles. The van der Waals surface area contributed by atoms with Crippen molar-refractivity contribution >= 4 is 35.8 Å².